The van der Waals surface area contributed by atoms with Crippen molar-refractivity contribution >= 4 is 32.6 Å². The predicted molar refractivity (Wildman–Crippen MR) is 94.9 cm³/mol. The van der Waals surface area contributed by atoms with Gasteiger partial charge in [0.15, 0.2) is 0 Å². The van der Waals surface area contributed by atoms with Crippen molar-refractivity contribution in [2.45, 2.75) is 6.92 Å². The monoisotopic (exact) mass is 343 g/mol. The lowest BCUT2D eigenvalue weighted by molar-refractivity contribution is 0.0962. The Balaban J connectivity index is 1.70. The number of nitrogens with one attached hydrogen (secondary N) is 2. The smallest absolute Gasteiger partial charge is 0.269 e. The summed E-state index contributed by atoms with van der Waals surface area (Å²) in [5, 5.41) is 0.596. The maximum atomic E-state index is 12.1. The molecule has 0 aliphatic carbocycles. The third-order valence-corrected chi connectivity index (χ3v) is 4.25. The van der Waals surface area contributed by atoms with Crippen LogP contribution in [0.25, 0.3) is 10.2 Å². The summed E-state index contributed by atoms with van der Waals surface area (Å²) in [7, 11) is 1.58. The average Bonchev–Trinajstić information content (AvgIpc) is 3.04. The van der Waals surface area contributed by atoms with Crippen molar-refractivity contribution in [3.05, 3.63) is 48.0 Å². The summed E-state index contributed by atoms with van der Waals surface area (Å²) < 4.78 is 11.6. The van der Waals surface area contributed by atoms with Crippen molar-refractivity contribution in [3.63, 3.8) is 0 Å². The fourth-order valence-electron chi connectivity index (χ4n) is 2.17. The Morgan fingerprint density at radius 2 is 2.00 bits per heavy atom. The number of carbonyl (C=O) groups is 1. The first-order valence-corrected chi connectivity index (χ1v) is 8.25. The van der Waals surface area contributed by atoms with Crippen LogP contribution >= 0.6 is 11.3 Å². The van der Waals surface area contributed by atoms with Crippen molar-refractivity contribution in [1.29, 1.82) is 0 Å². The normalized spacial score (nSPS) is 10.4. The minimum atomic E-state index is -0.248. The number of hydrogen-bond acceptors (Lipinski definition) is 6. The van der Waals surface area contributed by atoms with Crippen LogP contribution in [0.2, 0.25) is 0 Å². The van der Waals surface area contributed by atoms with Gasteiger partial charge in [-0.25, -0.2) is 4.98 Å². The van der Waals surface area contributed by atoms with Crippen molar-refractivity contribution < 1.29 is 14.3 Å². The summed E-state index contributed by atoms with van der Waals surface area (Å²) in [5.74, 6) is 1.19. The number of nitrogens with zero attached hydrogens (tertiary/aromatic N) is 1. The standard InChI is InChI=1S/C17H17N3O3S/c1-3-23-13-5-4-6-14-15(13)18-17(24-14)20-19-16(21)11-7-9-12(22-2)10-8-11/h4-10H,3H2,1-2H3,(H,18,20)(H,19,21). The number of benzene rings is 2. The van der Waals surface area contributed by atoms with Crippen LogP contribution in [0.4, 0.5) is 5.13 Å². The molecular formula is C17H17N3O3S. The molecular weight excluding hydrogens is 326 g/mol. The van der Waals surface area contributed by atoms with Gasteiger partial charge in [0, 0.05) is 5.56 Å². The molecule has 3 rings (SSSR count). The molecule has 0 aliphatic heterocycles. The lowest BCUT2D eigenvalue weighted by Crippen LogP contribution is -2.29. The molecule has 2 aromatic carbocycles. The van der Waals surface area contributed by atoms with Gasteiger partial charge in [-0.2, -0.15) is 0 Å². The number of rotatable bonds is 6. The molecule has 0 saturated heterocycles. The van der Waals surface area contributed by atoms with Gasteiger partial charge in [-0.15, -0.1) is 0 Å². The second kappa shape index (κ2) is 7.18. The van der Waals surface area contributed by atoms with Gasteiger partial charge >= 0.3 is 0 Å². The quantitative estimate of drug-likeness (QED) is 0.671. The molecule has 0 fully saturated rings. The van der Waals surface area contributed by atoms with Crippen LogP contribution in [0.15, 0.2) is 42.5 Å². The lowest BCUT2D eigenvalue weighted by Gasteiger charge is -2.06. The van der Waals surface area contributed by atoms with Crippen molar-refractivity contribution in [2.24, 2.45) is 0 Å². The molecule has 124 valence electrons. The van der Waals surface area contributed by atoms with Crippen LogP contribution in [-0.2, 0) is 0 Å². The molecule has 0 unspecified atom stereocenters. The molecule has 0 radical (unpaired) electrons. The summed E-state index contributed by atoms with van der Waals surface area (Å²) in [6.45, 7) is 2.51. The zero-order chi connectivity index (χ0) is 16.9. The molecule has 1 heterocycles. The zero-order valence-corrected chi connectivity index (χ0v) is 14.1. The van der Waals surface area contributed by atoms with Gasteiger partial charge in [-0.1, -0.05) is 17.4 Å². The molecule has 6 nitrogen and oxygen atoms in total. The molecule has 0 saturated carbocycles. The Kier molecular flexibility index (Phi) is 4.81. The fraction of sp³-hybridized carbons (Fsp3) is 0.176. The highest BCUT2D eigenvalue weighted by atomic mass is 32.1. The van der Waals surface area contributed by atoms with E-state index in [9.17, 15) is 4.79 Å². The summed E-state index contributed by atoms with van der Waals surface area (Å²) in [6.07, 6.45) is 0. The van der Waals surface area contributed by atoms with Crippen molar-refractivity contribution in [3.8, 4) is 11.5 Å². The minimum Gasteiger partial charge on any atom is -0.497 e. The Bertz CT molecular complexity index is 846. The molecule has 0 spiro atoms. The number of hydrazine groups is 1. The van der Waals surface area contributed by atoms with E-state index < -0.39 is 0 Å². The third kappa shape index (κ3) is 3.41. The van der Waals surface area contributed by atoms with E-state index in [1.54, 1.807) is 31.4 Å². The Hall–Kier alpha value is -2.80. The second-order valence-corrected chi connectivity index (χ2v) is 5.89. The number of anilines is 1. The SMILES string of the molecule is CCOc1cccc2sc(NNC(=O)c3ccc(OC)cc3)nc12. The van der Waals surface area contributed by atoms with Crippen LogP contribution in [0.3, 0.4) is 0 Å². The van der Waals surface area contributed by atoms with Gasteiger partial charge in [-0.05, 0) is 43.3 Å². The zero-order valence-electron chi connectivity index (χ0n) is 13.3. The number of aromatic nitrogens is 1. The predicted octanol–water partition coefficient (Wildman–Crippen LogP) is 3.46. The van der Waals surface area contributed by atoms with Crippen molar-refractivity contribution in [1.82, 2.24) is 10.4 Å². The van der Waals surface area contributed by atoms with E-state index in [0.717, 1.165) is 16.0 Å². The van der Waals surface area contributed by atoms with Gasteiger partial charge in [0.1, 0.15) is 17.0 Å². The number of para-hydroxylation sites is 1. The Morgan fingerprint density at radius 1 is 1.21 bits per heavy atom. The van der Waals surface area contributed by atoms with Crippen LogP contribution in [0, 0.1) is 0 Å². The van der Waals surface area contributed by atoms with Gasteiger partial charge in [0.2, 0.25) is 5.13 Å². The highest BCUT2D eigenvalue weighted by Crippen LogP contribution is 2.31. The minimum absolute atomic E-state index is 0.248. The molecule has 0 aliphatic rings. The number of methoxy groups -OCH3 is 1. The van der Waals surface area contributed by atoms with Crippen LogP contribution in [0.1, 0.15) is 17.3 Å². The highest BCUT2D eigenvalue weighted by Gasteiger charge is 2.10. The Morgan fingerprint density at radius 3 is 2.71 bits per heavy atom. The van der Waals surface area contributed by atoms with E-state index >= 15 is 0 Å². The van der Waals surface area contributed by atoms with Gasteiger partial charge in [0.05, 0.1) is 18.4 Å². The van der Waals surface area contributed by atoms with Crippen LogP contribution < -0.4 is 20.3 Å². The topological polar surface area (TPSA) is 72.5 Å². The molecule has 0 bridgehead atoms. The number of ether oxygens (including phenoxy) is 2. The number of hydrogen-bond donors (Lipinski definition) is 2. The van der Waals surface area contributed by atoms with E-state index in [-0.39, 0.29) is 5.91 Å². The largest absolute Gasteiger partial charge is 0.497 e. The molecule has 1 amide bonds. The van der Waals surface area contributed by atoms with Crippen LogP contribution in [0.5, 0.6) is 11.5 Å². The number of carbonyl (C=O) groups excluding carboxylic acids is 1. The molecule has 0 atom stereocenters. The van der Waals surface area contributed by atoms with Gasteiger partial charge in [-0.3, -0.25) is 15.6 Å². The first-order valence-electron chi connectivity index (χ1n) is 7.44. The first kappa shape index (κ1) is 16.1. The van der Waals surface area contributed by atoms with E-state index in [1.165, 1.54) is 11.3 Å². The maximum Gasteiger partial charge on any atom is 0.269 e. The number of thiazole rings is 1. The van der Waals surface area contributed by atoms with Gasteiger partial charge in [0.25, 0.3) is 5.91 Å². The molecule has 2 N–H and O–H groups in total. The molecule has 1 aromatic heterocycles. The highest BCUT2D eigenvalue weighted by molar-refractivity contribution is 7.22. The van der Waals surface area contributed by atoms with E-state index in [2.05, 4.69) is 15.8 Å². The summed E-state index contributed by atoms with van der Waals surface area (Å²) >= 11 is 1.44. The van der Waals surface area contributed by atoms with Crippen LogP contribution in [-0.4, -0.2) is 24.6 Å². The number of fused-ring (bicyclic) bond motifs is 1. The third-order valence-electron chi connectivity index (χ3n) is 3.32. The van der Waals surface area contributed by atoms with Crippen molar-refractivity contribution in [2.75, 3.05) is 19.1 Å². The second-order valence-electron chi connectivity index (χ2n) is 4.86. The molecule has 3 aromatic rings. The van der Waals surface area contributed by atoms with Gasteiger partial charge < -0.3 is 9.47 Å². The number of amides is 1. The summed E-state index contributed by atoms with van der Waals surface area (Å²) in [5.41, 5.74) is 6.80. The summed E-state index contributed by atoms with van der Waals surface area (Å²) in [6, 6.07) is 12.6. The first-order chi connectivity index (χ1) is 11.7. The molecule has 7 heteroatoms. The van der Waals surface area contributed by atoms with E-state index in [1.807, 2.05) is 25.1 Å². The van der Waals surface area contributed by atoms with E-state index in [4.69, 9.17) is 9.47 Å². The maximum absolute atomic E-state index is 12.1. The fourth-order valence-corrected chi connectivity index (χ4v) is 3.01. The molecule has 24 heavy (non-hydrogen) atoms. The average molecular weight is 343 g/mol. The van der Waals surface area contributed by atoms with E-state index in [0.29, 0.717) is 23.1 Å². The summed E-state index contributed by atoms with van der Waals surface area (Å²) in [4.78, 5) is 16.6. The lowest BCUT2D eigenvalue weighted by atomic mass is 10.2. The Labute approximate surface area is 143 Å².